The largest absolute Gasteiger partial charge is 0.456 e. The number of nitriles is 4. The number of furan rings is 4. The van der Waals surface area contributed by atoms with Gasteiger partial charge in [0.25, 0.3) is 0 Å². The van der Waals surface area contributed by atoms with E-state index in [2.05, 4.69) is 182 Å². The molecule has 112 heavy (non-hydrogen) atoms. The molecule has 0 aliphatic heterocycles. The highest BCUT2D eigenvalue weighted by Crippen LogP contribution is 2.48. The van der Waals surface area contributed by atoms with Crippen LogP contribution in [-0.2, 0) is 0 Å². The summed E-state index contributed by atoms with van der Waals surface area (Å²) in [5, 5.41) is 59.6. The Bertz CT molecular complexity index is 8480. The molecule has 0 fully saturated rings. The monoisotopic (exact) mass is 1430 g/mol. The normalized spacial score (nSPS) is 11.9. The predicted molar refractivity (Wildman–Crippen MR) is 449 cm³/mol. The Balaban J connectivity index is 0.000000134. The first-order valence-corrected chi connectivity index (χ1v) is 36.9. The van der Waals surface area contributed by atoms with Crippen molar-refractivity contribution in [3.63, 3.8) is 0 Å². The van der Waals surface area contributed by atoms with Gasteiger partial charge in [-0.1, -0.05) is 164 Å². The second-order valence-corrected chi connectivity index (χ2v) is 28.5. The van der Waals surface area contributed by atoms with Gasteiger partial charge in [-0.2, -0.15) is 21.0 Å². The van der Waals surface area contributed by atoms with Gasteiger partial charge in [0.2, 0.25) is 0 Å². The molecule has 516 valence electrons. The molecule has 0 amide bonds. The summed E-state index contributed by atoms with van der Waals surface area (Å²) in [7, 11) is 0. The van der Waals surface area contributed by atoms with Gasteiger partial charge in [-0.15, -0.1) is 0 Å². The number of benzene rings is 16. The van der Waals surface area contributed by atoms with Gasteiger partial charge in [0, 0.05) is 97.9 Å². The van der Waals surface area contributed by atoms with Crippen molar-refractivity contribution in [3.8, 4) is 69.3 Å². The topological polar surface area (TPSA) is 167 Å². The van der Waals surface area contributed by atoms with E-state index in [1.807, 2.05) is 176 Å². The minimum absolute atomic E-state index is 0.492. The number of hydrogen-bond donors (Lipinski definition) is 0. The molecule has 8 aromatic heterocycles. The maximum absolute atomic E-state index is 11.0. The average molecular weight is 1430 g/mol. The van der Waals surface area contributed by atoms with E-state index in [-0.39, 0.29) is 0 Å². The van der Waals surface area contributed by atoms with Crippen LogP contribution in [0.3, 0.4) is 0 Å². The van der Waals surface area contributed by atoms with E-state index in [0.29, 0.717) is 22.3 Å². The van der Waals surface area contributed by atoms with Crippen LogP contribution in [0.15, 0.2) is 333 Å². The number of hydrogen-bond acceptors (Lipinski definition) is 8. The van der Waals surface area contributed by atoms with Crippen molar-refractivity contribution in [2.24, 2.45) is 0 Å². The molecule has 0 unspecified atom stereocenters. The first-order valence-electron chi connectivity index (χ1n) is 36.9. The van der Waals surface area contributed by atoms with Gasteiger partial charge >= 0.3 is 0 Å². The van der Waals surface area contributed by atoms with E-state index in [4.69, 9.17) is 17.7 Å². The number of para-hydroxylation sites is 8. The van der Waals surface area contributed by atoms with Crippen molar-refractivity contribution < 1.29 is 17.7 Å². The fourth-order valence-corrected chi connectivity index (χ4v) is 18.1. The van der Waals surface area contributed by atoms with E-state index < -0.39 is 0 Å². The first kappa shape index (κ1) is 62.1. The molecule has 24 aromatic rings. The smallest absolute Gasteiger partial charge is 0.145 e. The summed E-state index contributed by atoms with van der Waals surface area (Å²) in [6.07, 6.45) is 0. The summed E-state index contributed by atoms with van der Waals surface area (Å²) in [5.74, 6) is 0. The molecule has 0 N–H and O–H groups in total. The second kappa shape index (κ2) is 23.7. The molecule has 0 saturated heterocycles. The fourth-order valence-electron chi connectivity index (χ4n) is 18.1. The molecule has 0 saturated carbocycles. The average Bonchev–Trinajstić information content (AvgIpc) is 1.58. The van der Waals surface area contributed by atoms with Gasteiger partial charge in [0.15, 0.2) is 0 Å². The second-order valence-electron chi connectivity index (χ2n) is 28.5. The molecule has 8 heterocycles. The van der Waals surface area contributed by atoms with Crippen molar-refractivity contribution in [1.29, 1.82) is 21.0 Å². The zero-order valence-electron chi connectivity index (χ0n) is 59.2. The van der Waals surface area contributed by atoms with Crippen LogP contribution in [0.5, 0.6) is 0 Å². The molecule has 0 radical (unpaired) electrons. The molecule has 0 atom stereocenters. The predicted octanol–water partition coefficient (Wildman–Crippen LogP) is 26.2. The molecule has 0 bridgehead atoms. The molecule has 0 aliphatic rings. The van der Waals surface area contributed by atoms with Crippen LogP contribution < -0.4 is 0 Å². The minimum Gasteiger partial charge on any atom is -0.456 e. The Labute approximate surface area is 635 Å². The van der Waals surface area contributed by atoms with Gasteiger partial charge in [-0.25, -0.2) is 0 Å². The lowest BCUT2D eigenvalue weighted by atomic mass is 9.96. The zero-order valence-corrected chi connectivity index (χ0v) is 59.2. The standard InChI is InChI=1S/2C50H26N4O2/c51-27-30-21-20-29(26-42(30)54-38-16-6-2-11-33(38)48-41(54)23-25-46-50(48)35-13-4-8-19-44(35)56-46)31-14-9-17-39(36(31)28-52)53-37-15-5-1-10-32(37)47-40(53)22-24-45-49(47)34-12-3-7-18-43(34)55-45;51-27-29-23-31(25-33(24-29)54-42-14-6-2-12-39(42)48-44(54)22-20-37-35-10-4-8-16-46(35)56-50(37)48)40-26-32(18-17-30(40)28-52)53-41-13-5-1-11-38(41)47-43(53)21-19-36-34-9-3-7-15-45(34)55-49(36)47/h2*1-26H. The molecule has 12 nitrogen and oxygen atoms in total. The van der Waals surface area contributed by atoms with E-state index in [1.54, 1.807) is 0 Å². The first-order chi connectivity index (χ1) is 55.4. The van der Waals surface area contributed by atoms with Gasteiger partial charge in [0.05, 0.1) is 101 Å². The molecule has 0 spiro atoms. The summed E-state index contributed by atoms with van der Waals surface area (Å²) < 4.78 is 34.5. The third kappa shape index (κ3) is 8.77. The van der Waals surface area contributed by atoms with Crippen LogP contribution in [0.1, 0.15) is 22.3 Å². The third-order valence-electron chi connectivity index (χ3n) is 22.8. The highest BCUT2D eigenvalue weighted by molar-refractivity contribution is 6.30. The van der Waals surface area contributed by atoms with Crippen LogP contribution in [0.2, 0.25) is 0 Å². The zero-order chi connectivity index (χ0) is 74.1. The summed E-state index contributed by atoms with van der Waals surface area (Å²) in [6, 6.07) is 116. The van der Waals surface area contributed by atoms with Crippen molar-refractivity contribution in [1.82, 2.24) is 18.3 Å². The highest BCUT2D eigenvalue weighted by Gasteiger charge is 2.27. The SMILES string of the molecule is N#Cc1cc(-c2cc(-n3c4ccccc4c4c5oc6ccccc6c5ccc43)ccc2C#N)cc(-n2c3ccccc3c3c4oc5ccccc5c4ccc32)c1.N#Cc1ccc(-c2cccc(-n3c4ccccc4c4c5c(ccc43)oc3ccccc35)c2C#N)cc1-n1c2ccccc2c2c3c(ccc21)oc1ccccc13. The van der Waals surface area contributed by atoms with Gasteiger partial charge in [0.1, 0.15) is 56.8 Å². The van der Waals surface area contributed by atoms with Crippen molar-refractivity contribution in [2.75, 3.05) is 0 Å². The number of nitrogens with zero attached hydrogens (tertiary/aromatic N) is 8. The summed E-state index contributed by atoms with van der Waals surface area (Å²) in [4.78, 5) is 0. The quantitative estimate of drug-likeness (QED) is 0.159. The maximum Gasteiger partial charge on any atom is 0.145 e. The summed E-state index contributed by atoms with van der Waals surface area (Å²) in [6.45, 7) is 0. The third-order valence-corrected chi connectivity index (χ3v) is 22.8. The van der Waals surface area contributed by atoms with Gasteiger partial charge < -0.3 is 35.9 Å². The fraction of sp³-hybridized carbons (Fsp3) is 0. The Morgan fingerprint density at radius 1 is 0.223 bits per heavy atom. The lowest BCUT2D eigenvalue weighted by Crippen LogP contribution is -2.01. The summed E-state index contributed by atoms with van der Waals surface area (Å²) in [5.41, 5.74) is 23.1. The Morgan fingerprint density at radius 2 is 0.661 bits per heavy atom. The Kier molecular flexibility index (Phi) is 13.1. The van der Waals surface area contributed by atoms with Crippen LogP contribution in [0.4, 0.5) is 0 Å². The van der Waals surface area contributed by atoms with Gasteiger partial charge in [-0.05, 0) is 163 Å². The number of aromatic nitrogens is 4. The Hall–Kier alpha value is -16.1. The highest BCUT2D eigenvalue weighted by atomic mass is 16.3. The molecule has 16 aromatic carbocycles. The lowest BCUT2D eigenvalue weighted by Gasteiger charge is -2.16. The van der Waals surface area contributed by atoms with Gasteiger partial charge in [-0.3, -0.25) is 0 Å². The van der Waals surface area contributed by atoms with Crippen LogP contribution in [0, 0.1) is 45.3 Å². The van der Waals surface area contributed by atoms with Crippen molar-refractivity contribution >= 4 is 175 Å². The van der Waals surface area contributed by atoms with E-state index >= 15 is 0 Å². The summed E-state index contributed by atoms with van der Waals surface area (Å²) >= 11 is 0. The lowest BCUT2D eigenvalue weighted by molar-refractivity contribution is 0.669. The molecule has 0 aliphatic carbocycles. The molecule has 12 heteroatoms. The minimum atomic E-state index is 0.492. The van der Waals surface area contributed by atoms with E-state index in [1.165, 1.54) is 0 Å². The molecular formula is C100H52N8O4. The maximum atomic E-state index is 11.0. The van der Waals surface area contributed by atoms with Crippen molar-refractivity contribution in [2.45, 2.75) is 0 Å². The van der Waals surface area contributed by atoms with Crippen LogP contribution in [0.25, 0.3) is 220 Å². The number of fused-ring (bicyclic) bond motifs is 28. The Morgan fingerprint density at radius 3 is 1.18 bits per heavy atom. The molecular weight excluding hydrogens is 1380 g/mol. The van der Waals surface area contributed by atoms with Crippen molar-refractivity contribution in [3.05, 3.63) is 338 Å². The molecule has 24 rings (SSSR count). The van der Waals surface area contributed by atoms with E-state index in [9.17, 15) is 21.0 Å². The van der Waals surface area contributed by atoms with E-state index in [0.717, 1.165) is 220 Å². The van der Waals surface area contributed by atoms with Crippen LogP contribution in [-0.4, -0.2) is 18.3 Å². The van der Waals surface area contributed by atoms with Crippen LogP contribution >= 0.6 is 0 Å². The number of rotatable bonds is 6.